The normalized spacial score (nSPS) is 1.00. The van der Waals surface area contributed by atoms with E-state index in [0.29, 0.717) is 0 Å². The Kier molecular flexibility index (Phi) is 1090. The van der Waals surface area contributed by atoms with Gasteiger partial charge in [-0.25, -0.2) is 0 Å². The van der Waals surface area contributed by atoms with Crippen LogP contribution in [0.2, 0.25) is 0 Å². The molecule has 0 unspecified atom stereocenters. The Balaban J connectivity index is -0.00000000167. The molecule has 0 spiro atoms. The van der Waals surface area contributed by atoms with Crippen LogP contribution < -0.4 is 0 Å². The van der Waals surface area contributed by atoms with E-state index in [4.69, 9.17) is 3.87 Å². The maximum atomic E-state index is 7.94. The number of hydrogen-bond donors (Lipinski definition) is 0. The molecule has 0 atom stereocenters. The molecule has 2 N–H and O–H groups in total. The molecule has 0 rings (SSSR count). The van der Waals surface area contributed by atoms with Crippen molar-refractivity contribution in [3.8, 4) is 0 Å². The zero-order valence-corrected chi connectivity index (χ0v) is 3.98. The van der Waals surface area contributed by atoms with Crippen LogP contribution in [0.5, 0.6) is 0 Å². The molecule has 0 aliphatic rings. The van der Waals surface area contributed by atoms with Gasteiger partial charge in [-0.2, -0.15) is 0 Å². The average molecular weight is 168 g/mol. The fourth-order valence-electron chi connectivity index (χ4n) is 0. The first kappa shape index (κ1) is 43.1. The first-order chi connectivity index (χ1) is 1.00. The van der Waals surface area contributed by atoms with Gasteiger partial charge in [-0.15, -0.1) is 0 Å². The van der Waals surface area contributed by atoms with Gasteiger partial charge in [-0.3, -0.25) is 0 Å². The van der Waals surface area contributed by atoms with Crippen LogP contribution in [0.3, 0.4) is 0 Å². The van der Waals surface area contributed by atoms with Gasteiger partial charge < -0.3 is 11.0 Å². The van der Waals surface area contributed by atoms with Crippen molar-refractivity contribution in [2.24, 2.45) is 0 Å². The fraction of sp³-hybridized carbons (Fsp3) is 0. The topological polar surface area (TPSA) is 77.1 Å². The van der Waals surface area contributed by atoms with E-state index in [9.17, 15) is 0 Å². The van der Waals surface area contributed by atoms with E-state index >= 15 is 0 Å². The van der Waals surface area contributed by atoms with Gasteiger partial charge in [0.05, 0.1) is 0 Å². The molecule has 0 aromatic carbocycles. The van der Waals surface area contributed by atoms with Crippen molar-refractivity contribution >= 4 is 0 Å². The number of hydrogen-bond acceptors (Lipinski definition) is 3. The van der Waals surface area contributed by atoms with Crippen molar-refractivity contribution in [3.63, 3.8) is 0 Å². The molecule has 3 nitrogen and oxygen atoms in total. The molecule has 0 heterocycles. The van der Waals surface area contributed by atoms with Crippen LogP contribution in [-0.4, -0.2) is 11.0 Å². The van der Waals surface area contributed by atoms with Gasteiger partial charge in [0.1, 0.15) is 0 Å². The molecule has 0 fully saturated rings. The summed E-state index contributed by atoms with van der Waals surface area (Å²) in [6.07, 6.45) is 0. The molecule has 0 aliphatic heterocycles. The summed E-state index contributed by atoms with van der Waals surface area (Å²) in [4.78, 5) is 0. The van der Waals surface area contributed by atoms with Gasteiger partial charge in [-0.05, 0) is 0 Å². The second-order valence-electron chi connectivity index (χ2n) is 0. The van der Waals surface area contributed by atoms with Crippen LogP contribution in [0.25, 0.3) is 0 Å². The molecule has 5 heavy (non-hydrogen) atoms. The minimum absolute atomic E-state index is 0. The van der Waals surface area contributed by atoms with Crippen LogP contribution in [0.4, 0.5) is 0 Å². The third kappa shape index (κ3) is 67.4. The zero-order valence-electron chi connectivity index (χ0n) is 1.95. The zero-order chi connectivity index (χ0) is 2.00. The van der Waals surface area contributed by atoms with E-state index in [1.165, 1.54) is 0 Å². The van der Waals surface area contributed by atoms with Crippen LogP contribution in [0.1, 0.15) is 0 Å². The Hall–Kier alpha value is 0.720. The second-order valence-corrected chi connectivity index (χ2v) is 0. The van der Waals surface area contributed by atoms with Gasteiger partial charge >= 0.3 is 36.0 Å². The first-order valence-corrected chi connectivity index (χ1v) is 0.561. The minimum atomic E-state index is 0. The molecule has 0 aromatic rings. The van der Waals surface area contributed by atoms with Crippen LogP contribution in [-0.2, 0) is 36.0 Å². The Bertz CT molecular complexity index is 6.85. The molecule has 0 aliphatic carbocycles. The van der Waals surface area contributed by atoms with Crippen molar-refractivity contribution in [1.82, 2.24) is 0 Å². The third-order valence-corrected chi connectivity index (χ3v) is 0. The summed E-state index contributed by atoms with van der Waals surface area (Å²) in [6, 6.07) is 0. The average Bonchev–Trinajstić information content (AvgIpc) is 1.00. The van der Waals surface area contributed by atoms with E-state index in [1.54, 1.807) is 0 Å². The van der Waals surface area contributed by atoms with E-state index in [2.05, 4.69) is 15.7 Å². The Morgan fingerprint density at radius 1 is 1.00 bits per heavy atom. The Labute approximate surface area is 47.5 Å². The molecule has 0 amide bonds. The molecule has 0 saturated heterocycles. The molecule has 0 saturated carbocycles. The molecule has 39 valence electrons. The van der Waals surface area contributed by atoms with Gasteiger partial charge in [0.25, 0.3) is 0 Å². The second kappa shape index (κ2) is 126. The number of rotatable bonds is 0. The van der Waals surface area contributed by atoms with Gasteiger partial charge in [0, 0.05) is 0 Å². The van der Waals surface area contributed by atoms with Gasteiger partial charge in [-0.1, -0.05) is 0 Å². The van der Waals surface area contributed by atoms with Gasteiger partial charge in [0.15, 0.2) is 0 Å². The first-order valence-electron chi connectivity index (χ1n) is 0.136. The molecule has 0 radical (unpaired) electrons. The summed E-state index contributed by atoms with van der Waals surface area (Å²) in [5.74, 6) is 0. The van der Waals surface area contributed by atoms with Crippen LogP contribution in [0, 0.1) is 0 Å². The van der Waals surface area contributed by atoms with Crippen molar-refractivity contribution in [3.05, 3.63) is 0 Å². The maximum absolute atomic E-state index is 7.94. The van der Waals surface area contributed by atoms with E-state index in [-0.39, 0.29) is 27.4 Å². The molecular weight excluding hydrogens is 166 g/mol. The fourth-order valence-corrected chi connectivity index (χ4v) is 0. The monoisotopic (exact) mass is 167 g/mol. The molecule has 0 aromatic heterocycles. The molecular formula is H2CoNiO3. The van der Waals surface area contributed by atoms with Crippen molar-refractivity contribution in [1.29, 1.82) is 0 Å². The van der Waals surface area contributed by atoms with E-state index < -0.39 is 0 Å². The third-order valence-electron chi connectivity index (χ3n) is 0. The predicted molar refractivity (Wildman–Crippen MR) is 4.56 cm³/mol. The van der Waals surface area contributed by atoms with Crippen molar-refractivity contribution < 1.29 is 47.0 Å². The quantitative estimate of drug-likeness (QED) is 0.458. The van der Waals surface area contributed by atoms with Crippen molar-refractivity contribution in [2.45, 2.75) is 0 Å². The summed E-state index contributed by atoms with van der Waals surface area (Å²) in [7, 11) is 0. The predicted octanol–water partition coefficient (Wildman–Crippen LogP) is -0.477. The van der Waals surface area contributed by atoms with E-state index in [1.807, 2.05) is 0 Å². The van der Waals surface area contributed by atoms with Crippen LogP contribution in [0.15, 0.2) is 0 Å². The molecule has 0 bridgehead atoms. The molecule has 5 heteroatoms. The summed E-state index contributed by atoms with van der Waals surface area (Å²) < 4.78 is 7.94. The summed E-state index contributed by atoms with van der Waals surface area (Å²) in [5, 5.41) is 0. The summed E-state index contributed by atoms with van der Waals surface area (Å²) in [5.41, 5.74) is 0. The summed E-state index contributed by atoms with van der Waals surface area (Å²) in [6.45, 7) is 0. The standard InChI is InChI=1S/Co.Ni.2H2O.O/h;;2*1H2;/q;+2;;;/p-2. The van der Waals surface area contributed by atoms with Gasteiger partial charge in [0.2, 0.25) is 0 Å². The van der Waals surface area contributed by atoms with E-state index in [0.717, 1.165) is 0 Å². The Morgan fingerprint density at radius 3 is 1.00 bits per heavy atom. The van der Waals surface area contributed by atoms with Crippen molar-refractivity contribution in [2.75, 3.05) is 0 Å². The summed E-state index contributed by atoms with van der Waals surface area (Å²) >= 11 is 2.31. The SMILES string of the molecule is [Ni+2].[OH-].[OH-].[O]=[Co]. The van der Waals surface area contributed by atoms with Crippen LogP contribution >= 0.6 is 0 Å². The Morgan fingerprint density at radius 2 is 1.00 bits per heavy atom.